The Morgan fingerprint density at radius 2 is 2.04 bits per heavy atom. The molecular formula is C16H15N3O5. The SMILES string of the molecule is COC(=O)c1cn(C[C@@H](O)c2ccc(O)cc2)cc2c(=O)[nH]nc1-2. The number of nitrogens with zero attached hydrogens (tertiary/aromatic N) is 2. The van der Waals surface area contributed by atoms with E-state index in [1.165, 1.54) is 36.2 Å². The fraction of sp³-hybridized carbons (Fsp3) is 0.188. The molecule has 3 N–H and O–H groups in total. The van der Waals surface area contributed by atoms with E-state index in [1.54, 1.807) is 12.1 Å². The van der Waals surface area contributed by atoms with Gasteiger partial charge in [0, 0.05) is 12.4 Å². The van der Waals surface area contributed by atoms with Gasteiger partial charge in [-0.25, -0.2) is 9.89 Å². The largest absolute Gasteiger partial charge is 0.508 e. The number of carbonyl (C=O) groups is 1. The number of H-pyrrole nitrogens is 1. The Morgan fingerprint density at radius 1 is 1.33 bits per heavy atom. The molecule has 1 atom stereocenters. The van der Waals surface area contributed by atoms with E-state index >= 15 is 0 Å². The minimum absolute atomic E-state index is 0.0994. The number of aromatic hydroxyl groups is 1. The summed E-state index contributed by atoms with van der Waals surface area (Å²) in [7, 11) is 1.24. The zero-order chi connectivity index (χ0) is 17.3. The van der Waals surface area contributed by atoms with Gasteiger partial charge in [0.25, 0.3) is 5.56 Å². The Hall–Kier alpha value is -3.13. The van der Waals surface area contributed by atoms with Gasteiger partial charge in [-0.15, -0.1) is 0 Å². The molecule has 2 aliphatic heterocycles. The van der Waals surface area contributed by atoms with E-state index in [-0.39, 0.29) is 29.1 Å². The van der Waals surface area contributed by atoms with Crippen molar-refractivity contribution in [2.45, 2.75) is 12.6 Å². The average Bonchev–Trinajstić information content (AvgIpc) is 2.95. The normalized spacial score (nSPS) is 12.2. The fourth-order valence-corrected chi connectivity index (χ4v) is 2.46. The predicted octanol–water partition coefficient (Wildman–Crippen LogP) is 0.902. The van der Waals surface area contributed by atoms with Crippen LogP contribution in [0.3, 0.4) is 0 Å². The summed E-state index contributed by atoms with van der Waals surface area (Å²) in [5.74, 6) is -0.526. The molecule has 1 aromatic carbocycles. The van der Waals surface area contributed by atoms with Crippen molar-refractivity contribution in [2.75, 3.05) is 7.11 Å². The molecule has 0 aromatic heterocycles. The number of aliphatic hydroxyl groups is 1. The molecule has 0 bridgehead atoms. The van der Waals surface area contributed by atoms with Gasteiger partial charge in [-0.3, -0.25) is 4.79 Å². The smallest absolute Gasteiger partial charge is 0.341 e. The third kappa shape index (κ3) is 2.86. The van der Waals surface area contributed by atoms with E-state index in [4.69, 9.17) is 4.74 Å². The molecule has 3 rings (SSSR count). The molecule has 0 saturated carbocycles. The molecular weight excluding hydrogens is 314 g/mol. The first kappa shape index (κ1) is 15.8. The van der Waals surface area contributed by atoms with Crippen LogP contribution in [-0.4, -0.2) is 38.1 Å². The zero-order valence-electron chi connectivity index (χ0n) is 12.8. The average molecular weight is 329 g/mol. The van der Waals surface area contributed by atoms with Gasteiger partial charge in [-0.1, -0.05) is 12.1 Å². The highest BCUT2D eigenvalue weighted by atomic mass is 16.5. The number of phenols is 1. The Bertz CT molecular complexity index is 897. The van der Waals surface area contributed by atoms with Crippen LogP contribution < -0.4 is 5.56 Å². The molecule has 0 unspecified atom stereocenters. The van der Waals surface area contributed by atoms with Gasteiger partial charge >= 0.3 is 5.97 Å². The third-order valence-corrected chi connectivity index (χ3v) is 3.68. The number of methoxy groups -OCH3 is 1. The van der Waals surface area contributed by atoms with Gasteiger partial charge in [0.15, 0.2) is 0 Å². The number of benzene rings is 1. The highest BCUT2D eigenvalue weighted by molar-refractivity contribution is 5.95. The first-order valence-corrected chi connectivity index (χ1v) is 7.13. The second-order valence-electron chi connectivity index (χ2n) is 5.28. The lowest BCUT2D eigenvalue weighted by molar-refractivity contribution is 0.0599. The minimum Gasteiger partial charge on any atom is -0.508 e. The number of aromatic nitrogens is 3. The van der Waals surface area contributed by atoms with E-state index in [9.17, 15) is 19.8 Å². The summed E-state index contributed by atoms with van der Waals surface area (Å²) < 4.78 is 6.24. The molecule has 24 heavy (non-hydrogen) atoms. The number of hydrogen-bond acceptors (Lipinski definition) is 6. The number of phenolic OH excluding ortho intramolecular Hbond substituents is 1. The van der Waals surface area contributed by atoms with Crippen molar-refractivity contribution in [1.82, 2.24) is 14.8 Å². The van der Waals surface area contributed by atoms with Crippen molar-refractivity contribution < 1.29 is 19.7 Å². The number of fused-ring (bicyclic) bond motifs is 1. The van der Waals surface area contributed by atoms with Gasteiger partial charge in [0.05, 0.1) is 25.3 Å². The zero-order valence-corrected chi connectivity index (χ0v) is 12.8. The van der Waals surface area contributed by atoms with E-state index < -0.39 is 17.6 Å². The van der Waals surface area contributed by atoms with Crippen LogP contribution in [0.1, 0.15) is 22.0 Å². The van der Waals surface area contributed by atoms with Gasteiger partial charge in [-0.2, -0.15) is 5.10 Å². The Kier molecular flexibility index (Phi) is 4.05. The highest BCUT2D eigenvalue weighted by Gasteiger charge is 2.22. The molecule has 0 radical (unpaired) electrons. The molecule has 8 heteroatoms. The molecule has 0 spiro atoms. The second-order valence-corrected chi connectivity index (χ2v) is 5.28. The van der Waals surface area contributed by atoms with E-state index in [2.05, 4.69) is 10.2 Å². The Labute approximate surface area is 136 Å². The predicted molar refractivity (Wildman–Crippen MR) is 83.9 cm³/mol. The van der Waals surface area contributed by atoms with Gasteiger partial charge in [0.1, 0.15) is 17.0 Å². The van der Waals surface area contributed by atoms with E-state index in [0.29, 0.717) is 5.56 Å². The molecule has 0 fully saturated rings. The maximum absolute atomic E-state index is 11.9. The lowest BCUT2D eigenvalue weighted by Gasteiger charge is -2.16. The summed E-state index contributed by atoms with van der Waals surface area (Å²) in [5.41, 5.74) is 0.752. The summed E-state index contributed by atoms with van der Waals surface area (Å²) in [5, 5.41) is 25.7. The number of hydrogen-bond donors (Lipinski definition) is 3. The summed E-state index contributed by atoms with van der Waals surface area (Å²) in [6.07, 6.45) is 2.09. The van der Waals surface area contributed by atoms with E-state index in [1.807, 2.05) is 0 Å². The van der Waals surface area contributed by atoms with Crippen LogP contribution in [0.5, 0.6) is 5.75 Å². The monoisotopic (exact) mass is 329 g/mol. The fourth-order valence-electron chi connectivity index (χ4n) is 2.46. The van der Waals surface area contributed by atoms with Crippen molar-refractivity contribution in [1.29, 1.82) is 0 Å². The van der Waals surface area contributed by atoms with Gasteiger partial charge in [-0.05, 0) is 17.7 Å². The number of pyridine rings is 1. The van der Waals surface area contributed by atoms with Gasteiger partial charge < -0.3 is 19.5 Å². The van der Waals surface area contributed by atoms with Crippen molar-refractivity contribution in [3.05, 3.63) is 58.1 Å². The maximum Gasteiger partial charge on any atom is 0.341 e. The molecule has 124 valence electrons. The van der Waals surface area contributed by atoms with E-state index in [0.717, 1.165) is 0 Å². The van der Waals surface area contributed by atoms with Crippen LogP contribution in [0.4, 0.5) is 0 Å². The number of carbonyl (C=O) groups excluding carboxylic acids is 1. The first-order chi connectivity index (χ1) is 11.5. The van der Waals surface area contributed by atoms with Crippen LogP contribution in [0.2, 0.25) is 0 Å². The number of aromatic amines is 1. The summed E-state index contributed by atoms with van der Waals surface area (Å²) in [4.78, 5) is 23.7. The lowest BCUT2D eigenvalue weighted by atomic mass is 10.1. The van der Waals surface area contributed by atoms with Crippen LogP contribution in [0.25, 0.3) is 11.3 Å². The summed E-state index contributed by atoms with van der Waals surface area (Å²) in [6, 6.07) is 6.13. The number of nitrogens with one attached hydrogen (secondary N) is 1. The molecule has 0 aliphatic carbocycles. The Balaban J connectivity index is 1.98. The number of aliphatic hydroxyl groups excluding tert-OH is 1. The summed E-state index contributed by atoms with van der Waals surface area (Å²) in [6.45, 7) is 0.106. The minimum atomic E-state index is -0.888. The van der Waals surface area contributed by atoms with Crippen molar-refractivity contribution in [3.63, 3.8) is 0 Å². The Morgan fingerprint density at radius 3 is 2.71 bits per heavy atom. The molecule has 8 nitrogen and oxygen atoms in total. The highest BCUT2D eigenvalue weighted by Crippen LogP contribution is 2.23. The van der Waals surface area contributed by atoms with Crippen molar-refractivity contribution >= 4 is 5.97 Å². The van der Waals surface area contributed by atoms with Crippen LogP contribution in [0, 0.1) is 0 Å². The summed E-state index contributed by atoms with van der Waals surface area (Å²) >= 11 is 0. The van der Waals surface area contributed by atoms with Crippen molar-refractivity contribution in [2.24, 2.45) is 0 Å². The van der Waals surface area contributed by atoms with Crippen molar-refractivity contribution in [3.8, 4) is 17.0 Å². The van der Waals surface area contributed by atoms with Crippen LogP contribution in [0.15, 0.2) is 41.5 Å². The first-order valence-electron chi connectivity index (χ1n) is 7.13. The van der Waals surface area contributed by atoms with Gasteiger partial charge in [0.2, 0.25) is 0 Å². The maximum atomic E-state index is 11.9. The van der Waals surface area contributed by atoms with Crippen LogP contribution >= 0.6 is 0 Å². The molecule has 0 amide bonds. The lowest BCUT2D eigenvalue weighted by Crippen LogP contribution is -2.15. The third-order valence-electron chi connectivity index (χ3n) is 3.68. The molecule has 2 aliphatic rings. The quantitative estimate of drug-likeness (QED) is 0.612. The van der Waals surface area contributed by atoms with Crippen LogP contribution in [-0.2, 0) is 11.3 Å². The standard InChI is InChI=1S/C16H15N3O5/c1-24-16(23)12-7-19(6-11-14(12)17-18-15(11)22)8-13(21)9-2-4-10(20)5-3-9/h2-7,13,20-21H,8H2,1H3,(H,18,22)/t13-/m1/s1. The molecule has 2 heterocycles. The number of ether oxygens (including phenoxy) is 1. The second kappa shape index (κ2) is 6.17. The number of esters is 1. The molecule has 0 saturated heterocycles. The topological polar surface area (TPSA) is 117 Å². The molecule has 1 aromatic rings. The number of rotatable bonds is 4.